The average Bonchev–Trinajstić information content (AvgIpc) is 3.24. The number of amides is 1. The Morgan fingerprint density at radius 3 is 2.82 bits per heavy atom. The molecule has 1 N–H and O–H groups in total. The molecule has 0 saturated carbocycles. The summed E-state index contributed by atoms with van der Waals surface area (Å²) >= 11 is 1.39. The number of thiophene rings is 1. The van der Waals surface area contributed by atoms with Gasteiger partial charge in [-0.25, -0.2) is 0 Å². The van der Waals surface area contributed by atoms with E-state index in [0.717, 1.165) is 11.4 Å². The minimum atomic E-state index is -0.140. The number of carbonyl (C=O) groups is 1. The number of tetrazole rings is 1. The molecule has 22 heavy (non-hydrogen) atoms. The second-order valence-corrected chi connectivity index (χ2v) is 5.31. The number of rotatable bonds is 5. The lowest BCUT2D eigenvalue weighted by Crippen LogP contribution is -2.23. The van der Waals surface area contributed by atoms with E-state index in [9.17, 15) is 4.79 Å². The third kappa shape index (κ3) is 2.96. The molecule has 1 aromatic carbocycles. The molecular formula is C14H13N5O2S. The topological polar surface area (TPSA) is 81.9 Å². The average molecular weight is 315 g/mol. The Hall–Kier alpha value is -2.74. The maximum Gasteiger partial charge on any atom is 0.261 e. The number of carbonyl (C=O) groups excluding carboxylic acids is 1. The molecule has 0 aliphatic carbocycles. The zero-order valence-corrected chi connectivity index (χ0v) is 12.6. The molecule has 0 aliphatic rings. The summed E-state index contributed by atoms with van der Waals surface area (Å²) in [6, 6.07) is 10.9. The predicted molar refractivity (Wildman–Crippen MR) is 81.2 cm³/mol. The van der Waals surface area contributed by atoms with Gasteiger partial charge in [-0.2, -0.15) is 4.68 Å². The summed E-state index contributed by atoms with van der Waals surface area (Å²) in [7, 11) is 1.61. The van der Waals surface area contributed by atoms with Crippen molar-refractivity contribution in [3.05, 3.63) is 52.5 Å². The molecule has 3 rings (SSSR count). The van der Waals surface area contributed by atoms with Crippen LogP contribution in [0.1, 0.15) is 15.5 Å². The molecule has 0 bridgehead atoms. The molecule has 0 atom stereocenters. The molecule has 0 saturated heterocycles. The van der Waals surface area contributed by atoms with Gasteiger partial charge in [0, 0.05) is 0 Å². The van der Waals surface area contributed by atoms with Crippen LogP contribution in [0, 0.1) is 0 Å². The lowest BCUT2D eigenvalue weighted by atomic mass is 10.3. The Bertz CT molecular complexity index is 752. The minimum Gasteiger partial charge on any atom is -0.497 e. The Kier molecular flexibility index (Phi) is 4.10. The number of hydrogen-bond donors (Lipinski definition) is 1. The molecule has 0 unspecified atom stereocenters. The van der Waals surface area contributed by atoms with Crippen LogP contribution >= 0.6 is 11.3 Å². The number of methoxy groups -OCH3 is 1. The van der Waals surface area contributed by atoms with Crippen molar-refractivity contribution in [3.8, 4) is 11.4 Å². The van der Waals surface area contributed by atoms with Crippen molar-refractivity contribution in [1.29, 1.82) is 0 Å². The molecule has 7 nitrogen and oxygen atoms in total. The molecule has 8 heteroatoms. The van der Waals surface area contributed by atoms with Crippen molar-refractivity contribution >= 4 is 17.2 Å². The summed E-state index contributed by atoms with van der Waals surface area (Å²) in [6.07, 6.45) is 0. The Morgan fingerprint density at radius 2 is 2.14 bits per heavy atom. The van der Waals surface area contributed by atoms with E-state index in [1.807, 2.05) is 35.7 Å². The second kappa shape index (κ2) is 6.35. The van der Waals surface area contributed by atoms with Crippen LogP contribution in [0.5, 0.6) is 5.75 Å². The molecule has 0 spiro atoms. The summed E-state index contributed by atoms with van der Waals surface area (Å²) in [5.74, 6) is 1.17. The van der Waals surface area contributed by atoms with E-state index in [-0.39, 0.29) is 12.5 Å². The van der Waals surface area contributed by atoms with Crippen LogP contribution < -0.4 is 10.1 Å². The van der Waals surface area contributed by atoms with Gasteiger partial charge in [0.05, 0.1) is 24.2 Å². The molecule has 112 valence electrons. The SMILES string of the molecule is COc1ccc(-n2nnnc2CNC(=O)c2cccs2)cc1. The van der Waals surface area contributed by atoms with Gasteiger partial charge in [0.25, 0.3) is 5.91 Å². The molecule has 3 aromatic rings. The van der Waals surface area contributed by atoms with Crippen molar-refractivity contribution in [2.75, 3.05) is 7.11 Å². The molecule has 1 amide bonds. The third-order valence-electron chi connectivity index (χ3n) is 3.00. The maximum atomic E-state index is 11.9. The lowest BCUT2D eigenvalue weighted by molar-refractivity contribution is 0.0953. The lowest BCUT2D eigenvalue weighted by Gasteiger charge is -2.06. The zero-order chi connectivity index (χ0) is 15.4. The Balaban J connectivity index is 1.73. The van der Waals surface area contributed by atoms with Gasteiger partial charge in [-0.15, -0.1) is 16.4 Å². The molecule has 0 radical (unpaired) electrons. The van der Waals surface area contributed by atoms with E-state index < -0.39 is 0 Å². The maximum absolute atomic E-state index is 11.9. The number of aromatic nitrogens is 4. The van der Waals surface area contributed by atoms with Crippen LogP contribution in [0.25, 0.3) is 5.69 Å². The molecular weight excluding hydrogens is 302 g/mol. The molecule has 0 fully saturated rings. The fourth-order valence-corrected chi connectivity index (χ4v) is 2.53. The van der Waals surface area contributed by atoms with Crippen LogP contribution in [-0.2, 0) is 6.54 Å². The largest absolute Gasteiger partial charge is 0.497 e. The first-order valence-corrected chi connectivity index (χ1v) is 7.39. The van der Waals surface area contributed by atoms with E-state index in [1.165, 1.54) is 11.3 Å². The number of nitrogens with one attached hydrogen (secondary N) is 1. The highest BCUT2D eigenvalue weighted by Gasteiger charge is 2.11. The van der Waals surface area contributed by atoms with E-state index >= 15 is 0 Å². The van der Waals surface area contributed by atoms with Crippen molar-refractivity contribution in [3.63, 3.8) is 0 Å². The van der Waals surface area contributed by atoms with Gasteiger partial charge in [-0.1, -0.05) is 6.07 Å². The zero-order valence-electron chi connectivity index (χ0n) is 11.8. The van der Waals surface area contributed by atoms with Gasteiger partial charge >= 0.3 is 0 Å². The first-order valence-electron chi connectivity index (χ1n) is 6.51. The summed E-state index contributed by atoms with van der Waals surface area (Å²) < 4.78 is 6.70. The van der Waals surface area contributed by atoms with Gasteiger partial charge in [-0.05, 0) is 46.1 Å². The van der Waals surface area contributed by atoms with Gasteiger partial charge < -0.3 is 10.1 Å². The molecule has 2 heterocycles. The fourth-order valence-electron chi connectivity index (χ4n) is 1.89. The van der Waals surface area contributed by atoms with E-state index in [4.69, 9.17) is 4.74 Å². The first-order chi connectivity index (χ1) is 10.8. The fraction of sp³-hybridized carbons (Fsp3) is 0.143. The predicted octanol–water partition coefficient (Wildman–Crippen LogP) is 1.66. The van der Waals surface area contributed by atoms with Crippen molar-refractivity contribution in [2.24, 2.45) is 0 Å². The van der Waals surface area contributed by atoms with Gasteiger partial charge in [0.1, 0.15) is 5.75 Å². The first kappa shape index (κ1) is 14.2. The highest BCUT2D eigenvalue weighted by molar-refractivity contribution is 7.12. The second-order valence-electron chi connectivity index (χ2n) is 4.36. The standard InChI is InChI=1S/C14H13N5O2S/c1-21-11-6-4-10(5-7-11)19-13(16-17-18-19)9-15-14(20)12-3-2-8-22-12/h2-8H,9H2,1H3,(H,15,20). The van der Waals surface area contributed by atoms with Gasteiger partial charge in [-0.3, -0.25) is 4.79 Å². The number of benzene rings is 1. The third-order valence-corrected chi connectivity index (χ3v) is 3.87. The van der Waals surface area contributed by atoms with Crippen molar-refractivity contribution < 1.29 is 9.53 Å². The van der Waals surface area contributed by atoms with E-state index in [1.54, 1.807) is 17.9 Å². The van der Waals surface area contributed by atoms with Crippen LogP contribution in [0.2, 0.25) is 0 Å². The van der Waals surface area contributed by atoms with E-state index in [0.29, 0.717) is 10.7 Å². The monoisotopic (exact) mass is 315 g/mol. The van der Waals surface area contributed by atoms with Crippen LogP contribution in [0.4, 0.5) is 0 Å². The van der Waals surface area contributed by atoms with E-state index in [2.05, 4.69) is 20.8 Å². The van der Waals surface area contributed by atoms with Crippen LogP contribution in [-0.4, -0.2) is 33.2 Å². The number of ether oxygens (including phenoxy) is 1. The normalized spacial score (nSPS) is 10.4. The Labute approximate surface area is 130 Å². The van der Waals surface area contributed by atoms with Crippen molar-refractivity contribution in [2.45, 2.75) is 6.54 Å². The quantitative estimate of drug-likeness (QED) is 0.774. The summed E-state index contributed by atoms with van der Waals surface area (Å²) in [5.41, 5.74) is 0.797. The van der Waals surface area contributed by atoms with Crippen molar-refractivity contribution in [1.82, 2.24) is 25.5 Å². The summed E-state index contributed by atoms with van der Waals surface area (Å²) in [4.78, 5) is 12.6. The Morgan fingerprint density at radius 1 is 1.32 bits per heavy atom. The van der Waals surface area contributed by atoms with Crippen LogP contribution in [0.3, 0.4) is 0 Å². The van der Waals surface area contributed by atoms with Crippen LogP contribution in [0.15, 0.2) is 41.8 Å². The molecule has 2 aromatic heterocycles. The highest BCUT2D eigenvalue weighted by Crippen LogP contribution is 2.15. The minimum absolute atomic E-state index is 0.140. The van der Waals surface area contributed by atoms with Gasteiger partial charge in [0.2, 0.25) is 0 Å². The van der Waals surface area contributed by atoms with Gasteiger partial charge in [0.15, 0.2) is 5.82 Å². The summed E-state index contributed by atoms with van der Waals surface area (Å²) in [5, 5.41) is 16.2. The summed E-state index contributed by atoms with van der Waals surface area (Å²) in [6.45, 7) is 0.246. The molecule has 0 aliphatic heterocycles. The smallest absolute Gasteiger partial charge is 0.261 e. The number of nitrogens with zero attached hydrogens (tertiary/aromatic N) is 4. The number of hydrogen-bond acceptors (Lipinski definition) is 6. The highest BCUT2D eigenvalue weighted by atomic mass is 32.1.